The maximum absolute atomic E-state index is 11.5. The van der Waals surface area contributed by atoms with E-state index in [-0.39, 0.29) is 12.0 Å². The lowest BCUT2D eigenvalue weighted by Gasteiger charge is -2.40. The summed E-state index contributed by atoms with van der Waals surface area (Å²) in [7, 11) is 2.16. The molecule has 4 heteroatoms. The summed E-state index contributed by atoms with van der Waals surface area (Å²) < 4.78 is 0. The van der Waals surface area contributed by atoms with Crippen LogP contribution in [-0.2, 0) is 4.79 Å². The normalized spacial score (nSPS) is 34.9. The molecule has 0 amide bonds. The Morgan fingerprint density at radius 2 is 2.00 bits per heavy atom. The van der Waals surface area contributed by atoms with Crippen LogP contribution < -0.4 is 0 Å². The van der Waals surface area contributed by atoms with Crippen LogP contribution in [0.4, 0.5) is 0 Å². The highest BCUT2D eigenvalue weighted by atomic mass is 16.4. The van der Waals surface area contributed by atoms with Gasteiger partial charge < -0.3 is 10.0 Å². The smallest absolute Gasteiger partial charge is 0.308 e. The second-order valence-corrected chi connectivity index (χ2v) is 6.29. The lowest BCUT2D eigenvalue weighted by atomic mass is 9.76. The van der Waals surface area contributed by atoms with Gasteiger partial charge in [0.1, 0.15) is 0 Å². The van der Waals surface area contributed by atoms with Gasteiger partial charge in [0.05, 0.1) is 5.92 Å². The van der Waals surface area contributed by atoms with Crippen LogP contribution in [0.2, 0.25) is 0 Å². The molecule has 1 saturated heterocycles. The second-order valence-electron chi connectivity index (χ2n) is 6.29. The van der Waals surface area contributed by atoms with Gasteiger partial charge in [-0.3, -0.25) is 9.69 Å². The first-order chi connectivity index (χ1) is 9.11. The predicted octanol–water partition coefficient (Wildman–Crippen LogP) is 1.90. The Labute approximate surface area is 116 Å². The highest BCUT2D eigenvalue weighted by Crippen LogP contribution is 2.34. The molecule has 1 aliphatic heterocycles. The van der Waals surface area contributed by atoms with Crippen LogP contribution in [0.5, 0.6) is 0 Å². The van der Waals surface area contributed by atoms with Crippen molar-refractivity contribution in [2.75, 3.05) is 33.2 Å². The fourth-order valence-corrected chi connectivity index (χ4v) is 3.69. The maximum atomic E-state index is 11.5. The summed E-state index contributed by atoms with van der Waals surface area (Å²) in [6.45, 7) is 6.54. The third-order valence-corrected chi connectivity index (χ3v) is 5.04. The molecule has 3 unspecified atom stereocenters. The summed E-state index contributed by atoms with van der Waals surface area (Å²) in [5.41, 5.74) is 0. The minimum absolute atomic E-state index is 0.147. The fourth-order valence-electron chi connectivity index (χ4n) is 3.69. The van der Waals surface area contributed by atoms with Gasteiger partial charge in [-0.05, 0) is 51.7 Å². The molecular weight excluding hydrogens is 240 g/mol. The van der Waals surface area contributed by atoms with Gasteiger partial charge in [0.25, 0.3) is 0 Å². The van der Waals surface area contributed by atoms with Crippen LogP contribution in [-0.4, -0.2) is 60.1 Å². The lowest BCUT2D eigenvalue weighted by molar-refractivity contribution is -0.146. The van der Waals surface area contributed by atoms with E-state index in [1.807, 2.05) is 0 Å². The molecule has 0 radical (unpaired) electrons. The molecule has 0 spiro atoms. The summed E-state index contributed by atoms with van der Waals surface area (Å²) in [6.07, 6.45) is 5.40. The van der Waals surface area contributed by atoms with E-state index in [2.05, 4.69) is 23.8 Å². The lowest BCUT2D eigenvalue weighted by Crippen LogP contribution is -2.48. The average molecular weight is 268 g/mol. The van der Waals surface area contributed by atoms with Gasteiger partial charge in [-0.25, -0.2) is 0 Å². The zero-order valence-electron chi connectivity index (χ0n) is 12.3. The molecule has 19 heavy (non-hydrogen) atoms. The fraction of sp³-hybridized carbons (Fsp3) is 0.933. The van der Waals surface area contributed by atoms with E-state index < -0.39 is 5.97 Å². The number of hydrogen-bond acceptors (Lipinski definition) is 3. The van der Waals surface area contributed by atoms with Gasteiger partial charge in [0, 0.05) is 19.1 Å². The van der Waals surface area contributed by atoms with Gasteiger partial charge in [-0.2, -0.15) is 0 Å². The van der Waals surface area contributed by atoms with Crippen molar-refractivity contribution < 1.29 is 9.90 Å². The number of nitrogens with zero attached hydrogens (tertiary/aromatic N) is 2. The number of likely N-dealkylation sites (N-methyl/N-ethyl adjacent to an activating group) is 1. The molecule has 2 rings (SSSR count). The number of hydrogen-bond donors (Lipinski definition) is 1. The predicted molar refractivity (Wildman–Crippen MR) is 76.2 cm³/mol. The Kier molecular flexibility index (Phi) is 5.22. The third kappa shape index (κ3) is 3.69. The topological polar surface area (TPSA) is 43.8 Å². The van der Waals surface area contributed by atoms with E-state index >= 15 is 0 Å². The van der Waals surface area contributed by atoms with Crippen molar-refractivity contribution in [3.8, 4) is 0 Å². The van der Waals surface area contributed by atoms with Gasteiger partial charge in [-0.1, -0.05) is 13.3 Å². The van der Waals surface area contributed by atoms with Crippen molar-refractivity contribution in [3.63, 3.8) is 0 Å². The van der Waals surface area contributed by atoms with Crippen LogP contribution in [0.3, 0.4) is 0 Å². The molecular formula is C15H28N2O2. The molecule has 3 atom stereocenters. The van der Waals surface area contributed by atoms with E-state index in [1.165, 1.54) is 6.42 Å². The Balaban J connectivity index is 2.05. The van der Waals surface area contributed by atoms with Crippen LogP contribution in [0, 0.1) is 11.8 Å². The summed E-state index contributed by atoms with van der Waals surface area (Å²) in [5, 5.41) is 9.48. The first kappa shape index (κ1) is 14.8. The summed E-state index contributed by atoms with van der Waals surface area (Å²) in [5.74, 6) is -0.00931. The Morgan fingerprint density at radius 3 is 2.68 bits per heavy atom. The Bertz CT molecular complexity index is 309. The first-order valence-electron chi connectivity index (χ1n) is 7.77. The van der Waals surface area contributed by atoms with Crippen molar-refractivity contribution in [1.82, 2.24) is 9.80 Å². The quantitative estimate of drug-likeness (QED) is 0.849. The van der Waals surface area contributed by atoms with Crippen molar-refractivity contribution in [2.24, 2.45) is 11.8 Å². The molecule has 1 N–H and O–H groups in total. The Hall–Kier alpha value is -0.610. The highest BCUT2D eigenvalue weighted by molar-refractivity contribution is 5.71. The van der Waals surface area contributed by atoms with E-state index in [1.54, 1.807) is 0 Å². The van der Waals surface area contributed by atoms with E-state index in [4.69, 9.17) is 0 Å². The monoisotopic (exact) mass is 268 g/mol. The SMILES string of the molecule is CCC1CCC(C(=O)O)C(N2CCCN(C)CC2)C1. The molecule has 0 aromatic rings. The first-order valence-corrected chi connectivity index (χ1v) is 7.77. The summed E-state index contributed by atoms with van der Waals surface area (Å²) in [6, 6.07) is 0.266. The van der Waals surface area contributed by atoms with E-state index in [0.717, 1.165) is 57.8 Å². The number of rotatable bonds is 3. The van der Waals surface area contributed by atoms with E-state index in [9.17, 15) is 9.90 Å². The molecule has 0 aromatic heterocycles. The van der Waals surface area contributed by atoms with Crippen molar-refractivity contribution in [3.05, 3.63) is 0 Å². The molecule has 2 aliphatic rings. The number of carboxylic acids is 1. The standard InChI is InChI=1S/C15H28N2O2/c1-3-12-5-6-13(15(18)19)14(11-12)17-8-4-7-16(2)9-10-17/h12-14H,3-11H2,1-2H3,(H,18,19). The average Bonchev–Trinajstić information content (AvgIpc) is 2.62. The van der Waals surface area contributed by atoms with Gasteiger partial charge in [0.15, 0.2) is 0 Å². The Morgan fingerprint density at radius 1 is 1.21 bits per heavy atom. The molecule has 0 bridgehead atoms. The molecule has 0 aromatic carbocycles. The number of carboxylic acid groups (broad SMARTS) is 1. The van der Waals surface area contributed by atoms with Gasteiger partial charge in [0.2, 0.25) is 0 Å². The number of carbonyl (C=O) groups is 1. The largest absolute Gasteiger partial charge is 0.481 e. The van der Waals surface area contributed by atoms with Crippen LogP contribution >= 0.6 is 0 Å². The van der Waals surface area contributed by atoms with Crippen LogP contribution in [0.1, 0.15) is 39.0 Å². The van der Waals surface area contributed by atoms with Gasteiger partial charge in [-0.15, -0.1) is 0 Å². The summed E-state index contributed by atoms with van der Waals surface area (Å²) >= 11 is 0. The number of aliphatic carboxylic acids is 1. The third-order valence-electron chi connectivity index (χ3n) is 5.04. The van der Waals surface area contributed by atoms with Crippen LogP contribution in [0.15, 0.2) is 0 Å². The maximum Gasteiger partial charge on any atom is 0.308 e. The second kappa shape index (κ2) is 6.71. The molecule has 1 aliphatic carbocycles. The zero-order valence-corrected chi connectivity index (χ0v) is 12.3. The van der Waals surface area contributed by atoms with Crippen molar-refractivity contribution in [1.29, 1.82) is 0 Å². The minimum Gasteiger partial charge on any atom is -0.481 e. The molecule has 4 nitrogen and oxygen atoms in total. The van der Waals surface area contributed by atoms with Crippen molar-refractivity contribution >= 4 is 5.97 Å². The molecule has 2 fully saturated rings. The summed E-state index contributed by atoms with van der Waals surface area (Å²) in [4.78, 5) is 16.3. The van der Waals surface area contributed by atoms with Gasteiger partial charge >= 0.3 is 5.97 Å². The molecule has 1 heterocycles. The minimum atomic E-state index is -0.586. The highest BCUT2D eigenvalue weighted by Gasteiger charge is 2.38. The zero-order chi connectivity index (χ0) is 13.8. The molecule has 1 saturated carbocycles. The molecule has 110 valence electrons. The van der Waals surface area contributed by atoms with Crippen molar-refractivity contribution in [2.45, 2.75) is 45.1 Å². The van der Waals surface area contributed by atoms with E-state index in [0.29, 0.717) is 0 Å². The van der Waals surface area contributed by atoms with Crippen LogP contribution in [0.25, 0.3) is 0 Å².